The molecule has 3 rings (SSSR count). The van der Waals surface area contributed by atoms with Crippen molar-refractivity contribution >= 4 is 23.3 Å². The average Bonchev–Trinajstić information content (AvgIpc) is 2.80. The first-order chi connectivity index (χ1) is 14.5. The van der Waals surface area contributed by atoms with Crippen LogP contribution in [0, 0.1) is 0 Å². The molecule has 0 aromatic heterocycles. The number of anilines is 1. The van der Waals surface area contributed by atoms with E-state index in [2.05, 4.69) is 5.32 Å². The quantitative estimate of drug-likeness (QED) is 0.587. The first kappa shape index (κ1) is 21.0. The topological polar surface area (TPSA) is 66.5 Å². The van der Waals surface area contributed by atoms with Crippen LogP contribution >= 0.6 is 0 Å². The Bertz CT molecular complexity index is 1020. The van der Waals surface area contributed by atoms with E-state index in [-0.39, 0.29) is 17.6 Å². The van der Waals surface area contributed by atoms with Crippen LogP contribution in [0.5, 0.6) is 0 Å². The van der Waals surface area contributed by atoms with Gasteiger partial charge in [0.05, 0.1) is 0 Å². The molecule has 0 bridgehead atoms. The molecule has 5 heteroatoms. The zero-order valence-electron chi connectivity index (χ0n) is 17.1. The molecule has 0 aliphatic carbocycles. The van der Waals surface area contributed by atoms with Crippen LogP contribution in [-0.2, 0) is 0 Å². The standard InChI is InChI=1S/C25H24N2O3/c1-3-27(4-2)25(30)21-14-16-22(17-15-21)26-24(29)20-12-10-19(11-13-20)23(28)18-8-6-5-7-9-18/h5-17H,3-4H2,1-2H3,(H,26,29). The molecule has 0 saturated carbocycles. The van der Waals surface area contributed by atoms with Crippen LogP contribution in [0.2, 0.25) is 0 Å². The Balaban J connectivity index is 1.66. The molecule has 3 aromatic rings. The molecular formula is C25H24N2O3. The van der Waals surface area contributed by atoms with Crippen molar-refractivity contribution in [2.75, 3.05) is 18.4 Å². The summed E-state index contributed by atoms with van der Waals surface area (Å²) in [6, 6.07) is 22.4. The molecule has 0 fully saturated rings. The first-order valence-electron chi connectivity index (χ1n) is 9.94. The molecule has 1 N–H and O–H groups in total. The molecule has 0 spiro atoms. The fourth-order valence-corrected chi connectivity index (χ4v) is 3.12. The van der Waals surface area contributed by atoms with Gasteiger partial charge in [0, 0.05) is 41.0 Å². The fourth-order valence-electron chi connectivity index (χ4n) is 3.12. The predicted octanol–water partition coefficient (Wildman–Crippen LogP) is 4.65. The minimum atomic E-state index is -0.281. The highest BCUT2D eigenvalue weighted by Gasteiger charge is 2.13. The minimum Gasteiger partial charge on any atom is -0.339 e. The maximum Gasteiger partial charge on any atom is 0.255 e. The van der Waals surface area contributed by atoms with Crippen LogP contribution < -0.4 is 5.32 Å². The maximum absolute atomic E-state index is 12.5. The van der Waals surface area contributed by atoms with Crippen LogP contribution in [0.1, 0.15) is 50.5 Å². The van der Waals surface area contributed by atoms with Crippen LogP contribution in [0.15, 0.2) is 78.9 Å². The third-order valence-corrected chi connectivity index (χ3v) is 4.89. The Labute approximate surface area is 176 Å². The third-order valence-electron chi connectivity index (χ3n) is 4.89. The number of ketones is 1. The summed E-state index contributed by atoms with van der Waals surface area (Å²) in [5.74, 6) is -0.399. The Morgan fingerprint density at radius 3 is 1.73 bits per heavy atom. The van der Waals surface area contributed by atoms with Crippen LogP contribution in [0.4, 0.5) is 5.69 Å². The second kappa shape index (κ2) is 9.65. The second-order valence-corrected chi connectivity index (χ2v) is 6.78. The van der Waals surface area contributed by atoms with Gasteiger partial charge in [-0.15, -0.1) is 0 Å². The van der Waals surface area contributed by atoms with Crippen LogP contribution in [-0.4, -0.2) is 35.6 Å². The molecule has 0 unspecified atom stereocenters. The molecule has 0 saturated heterocycles. The highest BCUT2D eigenvalue weighted by molar-refractivity contribution is 6.10. The molecular weight excluding hydrogens is 376 g/mol. The molecule has 0 atom stereocenters. The number of nitrogens with zero attached hydrogens (tertiary/aromatic N) is 1. The minimum absolute atomic E-state index is 0.0310. The SMILES string of the molecule is CCN(CC)C(=O)c1ccc(NC(=O)c2ccc(C(=O)c3ccccc3)cc2)cc1. The molecule has 0 heterocycles. The van der Waals surface area contributed by atoms with E-state index >= 15 is 0 Å². The van der Waals surface area contributed by atoms with E-state index in [4.69, 9.17) is 0 Å². The van der Waals surface area contributed by atoms with Crippen molar-refractivity contribution in [3.05, 3.63) is 101 Å². The fraction of sp³-hybridized carbons (Fsp3) is 0.160. The molecule has 0 radical (unpaired) electrons. The van der Waals surface area contributed by atoms with Gasteiger partial charge in [0.25, 0.3) is 11.8 Å². The van der Waals surface area contributed by atoms with Crippen molar-refractivity contribution in [3.8, 4) is 0 Å². The number of amides is 2. The average molecular weight is 400 g/mol. The van der Waals surface area contributed by atoms with E-state index in [1.54, 1.807) is 65.6 Å². The summed E-state index contributed by atoms with van der Waals surface area (Å²) in [5, 5.41) is 2.81. The van der Waals surface area contributed by atoms with Gasteiger partial charge in [-0.3, -0.25) is 14.4 Å². The zero-order valence-corrected chi connectivity index (χ0v) is 17.1. The number of carbonyl (C=O) groups excluding carboxylic acids is 3. The molecule has 0 aliphatic rings. The van der Waals surface area contributed by atoms with E-state index in [0.29, 0.717) is 41.0 Å². The number of nitrogens with one attached hydrogen (secondary N) is 1. The maximum atomic E-state index is 12.5. The van der Waals surface area contributed by atoms with Gasteiger partial charge in [0.1, 0.15) is 0 Å². The van der Waals surface area contributed by atoms with Crippen molar-refractivity contribution in [2.24, 2.45) is 0 Å². The summed E-state index contributed by atoms with van der Waals surface area (Å²) in [6.45, 7) is 5.18. The highest BCUT2D eigenvalue weighted by atomic mass is 16.2. The Morgan fingerprint density at radius 2 is 1.17 bits per heavy atom. The van der Waals surface area contributed by atoms with Crippen molar-refractivity contribution < 1.29 is 14.4 Å². The van der Waals surface area contributed by atoms with Gasteiger partial charge in [-0.2, -0.15) is 0 Å². The van der Waals surface area contributed by atoms with Gasteiger partial charge in [0.2, 0.25) is 0 Å². The van der Waals surface area contributed by atoms with Crippen molar-refractivity contribution in [3.63, 3.8) is 0 Å². The number of carbonyl (C=O) groups is 3. The summed E-state index contributed by atoms with van der Waals surface area (Å²) in [7, 11) is 0. The predicted molar refractivity (Wildman–Crippen MR) is 118 cm³/mol. The second-order valence-electron chi connectivity index (χ2n) is 6.78. The lowest BCUT2D eigenvalue weighted by Gasteiger charge is -2.18. The summed E-state index contributed by atoms with van der Waals surface area (Å²) >= 11 is 0. The first-order valence-corrected chi connectivity index (χ1v) is 9.94. The molecule has 0 aliphatic heterocycles. The molecule has 2 amide bonds. The van der Waals surface area contributed by atoms with Gasteiger partial charge >= 0.3 is 0 Å². The van der Waals surface area contributed by atoms with Crippen LogP contribution in [0.3, 0.4) is 0 Å². The summed E-state index contributed by atoms with van der Waals surface area (Å²) < 4.78 is 0. The third kappa shape index (κ3) is 4.81. The highest BCUT2D eigenvalue weighted by Crippen LogP contribution is 2.15. The number of hydrogen-bond donors (Lipinski definition) is 1. The van der Waals surface area contributed by atoms with Gasteiger partial charge in [-0.05, 0) is 50.2 Å². The lowest BCUT2D eigenvalue weighted by atomic mass is 10.0. The van der Waals surface area contributed by atoms with Crippen molar-refractivity contribution in [2.45, 2.75) is 13.8 Å². The van der Waals surface area contributed by atoms with Gasteiger partial charge in [0.15, 0.2) is 5.78 Å². The van der Waals surface area contributed by atoms with Gasteiger partial charge in [-0.25, -0.2) is 0 Å². The van der Waals surface area contributed by atoms with E-state index in [1.165, 1.54) is 0 Å². The Kier molecular flexibility index (Phi) is 6.75. The van der Waals surface area contributed by atoms with Gasteiger partial charge in [-0.1, -0.05) is 42.5 Å². The Morgan fingerprint density at radius 1 is 0.667 bits per heavy atom. The number of benzene rings is 3. The van der Waals surface area contributed by atoms with E-state index in [0.717, 1.165) is 0 Å². The van der Waals surface area contributed by atoms with Crippen LogP contribution in [0.25, 0.3) is 0 Å². The summed E-state index contributed by atoms with van der Waals surface area (Å²) in [4.78, 5) is 39.1. The lowest BCUT2D eigenvalue weighted by molar-refractivity contribution is 0.0772. The molecule has 30 heavy (non-hydrogen) atoms. The van der Waals surface area contributed by atoms with Crippen molar-refractivity contribution in [1.29, 1.82) is 0 Å². The smallest absolute Gasteiger partial charge is 0.255 e. The van der Waals surface area contributed by atoms with E-state index in [1.807, 2.05) is 32.0 Å². The number of hydrogen-bond acceptors (Lipinski definition) is 3. The van der Waals surface area contributed by atoms with E-state index in [9.17, 15) is 14.4 Å². The van der Waals surface area contributed by atoms with Gasteiger partial charge < -0.3 is 10.2 Å². The molecule has 152 valence electrons. The Hall–Kier alpha value is -3.73. The monoisotopic (exact) mass is 400 g/mol. The summed E-state index contributed by atoms with van der Waals surface area (Å²) in [5.41, 5.74) is 2.76. The molecule has 3 aromatic carbocycles. The largest absolute Gasteiger partial charge is 0.339 e. The van der Waals surface area contributed by atoms with Crippen molar-refractivity contribution in [1.82, 2.24) is 4.90 Å². The van der Waals surface area contributed by atoms with E-state index < -0.39 is 0 Å². The zero-order chi connectivity index (χ0) is 21.5. The molecule has 5 nitrogen and oxygen atoms in total. The number of rotatable bonds is 7. The normalized spacial score (nSPS) is 10.3. The summed E-state index contributed by atoms with van der Waals surface area (Å²) in [6.07, 6.45) is 0. The lowest BCUT2D eigenvalue weighted by Crippen LogP contribution is -2.30.